The second kappa shape index (κ2) is 13.2. The summed E-state index contributed by atoms with van der Waals surface area (Å²) in [6.07, 6.45) is 1.18. The van der Waals surface area contributed by atoms with Gasteiger partial charge in [-0.3, -0.25) is 10.1 Å². The SMILES string of the molecule is CC(C)S(=O)(=O)c1ccc(NC(=O)O)cc1[C@H]1CCCN1C(=O)[C@H](Nc1ccc2c(N)nccc2c1)c1cccc(OC(F)F)c1. The topological polar surface area (TPSA) is 164 Å². The van der Waals surface area contributed by atoms with Gasteiger partial charge in [-0.15, -0.1) is 0 Å². The number of pyridine rings is 1. The Hall–Kier alpha value is -4.98. The van der Waals surface area contributed by atoms with Gasteiger partial charge in [-0.05, 0) is 97.8 Å². The molecule has 4 aromatic rings. The van der Waals surface area contributed by atoms with Gasteiger partial charge in [0.05, 0.1) is 16.2 Å². The molecule has 11 nitrogen and oxygen atoms in total. The number of hydrogen-bond acceptors (Lipinski definition) is 8. The van der Waals surface area contributed by atoms with Crippen LogP contribution in [0.5, 0.6) is 5.75 Å². The maximum Gasteiger partial charge on any atom is 0.409 e. The molecule has 1 aliphatic heterocycles. The first-order valence-electron chi connectivity index (χ1n) is 14.5. The number of sulfone groups is 1. The Morgan fingerprint density at radius 1 is 1.07 bits per heavy atom. The maximum atomic E-state index is 14.5. The lowest BCUT2D eigenvalue weighted by atomic mass is 10.0. The molecule has 14 heteroatoms. The highest BCUT2D eigenvalue weighted by Crippen LogP contribution is 2.40. The van der Waals surface area contributed by atoms with E-state index in [2.05, 4.69) is 20.4 Å². The number of carbonyl (C=O) groups excluding carboxylic acids is 1. The smallest absolute Gasteiger partial charge is 0.409 e. The number of nitrogens with two attached hydrogens (primary N) is 1. The van der Waals surface area contributed by atoms with Gasteiger partial charge in [-0.1, -0.05) is 12.1 Å². The number of ether oxygens (including phenoxy) is 1. The Bertz CT molecular complexity index is 1890. The Labute approximate surface area is 264 Å². The molecule has 0 radical (unpaired) electrons. The van der Waals surface area contributed by atoms with Gasteiger partial charge in [0.15, 0.2) is 9.84 Å². The Morgan fingerprint density at radius 2 is 1.83 bits per heavy atom. The number of nitrogens with one attached hydrogen (secondary N) is 2. The van der Waals surface area contributed by atoms with E-state index in [9.17, 15) is 31.9 Å². The summed E-state index contributed by atoms with van der Waals surface area (Å²) < 4.78 is 57.7. The molecule has 1 aliphatic rings. The fourth-order valence-corrected chi connectivity index (χ4v) is 6.95. The summed E-state index contributed by atoms with van der Waals surface area (Å²) in [5.41, 5.74) is 7.31. The van der Waals surface area contributed by atoms with Gasteiger partial charge in [-0.25, -0.2) is 18.2 Å². The summed E-state index contributed by atoms with van der Waals surface area (Å²) >= 11 is 0. The molecule has 3 aromatic carbocycles. The van der Waals surface area contributed by atoms with Crippen molar-refractivity contribution in [1.82, 2.24) is 9.88 Å². The van der Waals surface area contributed by atoms with Gasteiger partial charge in [0.1, 0.15) is 17.6 Å². The highest BCUT2D eigenvalue weighted by molar-refractivity contribution is 7.92. The Balaban J connectivity index is 1.59. The summed E-state index contributed by atoms with van der Waals surface area (Å²) in [7, 11) is -3.83. The van der Waals surface area contributed by atoms with Crippen molar-refractivity contribution in [1.29, 1.82) is 0 Å². The lowest BCUT2D eigenvalue weighted by Gasteiger charge is -2.32. The number of benzene rings is 3. The van der Waals surface area contributed by atoms with Crippen LogP contribution >= 0.6 is 0 Å². The minimum absolute atomic E-state index is 0.000654. The lowest BCUT2D eigenvalue weighted by Crippen LogP contribution is -2.38. The third kappa shape index (κ3) is 6.81. The summed E-state index contributed by atoms with van der Waals surface area (Å²) in [5, 5.41) is 15.5. The minimum atomic E-state index is -3.83. The third-order valence-electron chi connectivity index (χ3n) is 7.85. The van der Waals surface area contributed by atoms with Crippen molar-refractivity contribution in [3.63, 3.8) is 0 Å². The van der Waals surface area contributed by atoms with Crippen LogP contribution in [0.25, 0.3) is 10.8 Å². The average molecular weight is 654 g/mol. The summed E-state index contributed by atoms with van der Waals surface area (Å²) in [4.78, 5) is 31.6. The van der Waals surface area contributed by atoms with Crippen molar-refractivity contribution in [3.8, 4) is 5.75 Å². The highest BCUT2D eigenvalue weighted by Gasteiger charge is 2.38. The number of aromatic nitrogens is 1. The van der Waals surface area contributed by atoms with E-state index in [1.807, 2.05) is 0 Å². The number of rotatable bonds is 10. The first kappa shape index (κ1) is 32.4. The Morgan fingerprint density at radius 3 is 2.54 bits per heavy atom. The zero-order valence-electron chi connectivity index (χ0n) is 25.0. The van der Waals surface area contributed by atoms with Gasteiger partial charge >= 0.3 is 12.7 Å². The molecule has 0 unspecified atom stereocenters. The van der Waals surface area contributed by atoms with Gasteiger partial charge in [0.2, 0.25) is 5.91 Å². The zero-order valence-corrected chi connectivity index (χ0v) is 25.8. The molecule has 242 valence electrons. The molecule has 2 amide bonds. The van der Waals surface area contributed by atoms with E-state index < -0.39 is 45.8 Å². The molecule has 0 bridgehead atoms. The second-order valence-electron chi connectivity index (χ2n) is 11.1. The van der Waals surface area contributed by atoms with E-state index >= 15 is 0 Å². The predicted molar refractivity (Wildman–Crippen MR) is 170 cm³/mol. The number of likely N-dealkylation sites (tertiary alicyclic amines) is 1. The van der Waals surface area contributed by atoms with Gasteiger partial charge < -0.3 is 25.8 Å². The van der Waals surface area contributed by atoms with Crippen molar-refractivity contribution in [3.05, 3.63) is 84.1 Å². The maximum absolute atomic E-state index is 14.5. The monoisotopic (exact) mass is 653 g/mol. The number of nitrogen functional groups attached to an aromatic ring is 1. The number of fused-ring (bicyclic) bond motifs is 1. The van der Waals surface area contributed by atoms with Crippen LogP contribution in [-0.2, 0) is 14.6 Å². The molecule has 1 saturated heterocycles. The van der Waals surface area contributed by atoms with Crippen molar-refractivity contribution in [2.45, 2.75) is 55.5 Å². The van der Waals surface area contributed by atoms with E-state index in [0.717, 1.165) is 5.39 Å². The molecule has 1 fully saturated rings. The van der Waals surface area contributed by atoms with Crippen LogP contribution < -0.4 is 21.1 Å². The zero-order chi connectivity index (χ0) is 33.2. The fourth-order valence-electron chi connectivity index (χ4n) is 5.66. The number of amides is 2. The lowest BCUT2D eigenvalue weighted by molar-refractivity contribution is -0.133. The number of alkyl halides is 2. The standard InChI is InChI=1S/C32H33F2N5O6S/c1-18(2)46(43,44)27-11-9-22(38-32(41)42)17-25(27)26-7-4-14-39(26)30(40)28(20-5-3-6-23(16-20)45-31(33)34)37-21-8-10-24-19(15-21)12-13-36-29(24)35/h3,5-6,8-13,15-18,26,28,31,37-38H,4,7,14H2,1-2H3,(H2,35,36)(H,41,42)/t26-,28-/m1/s1. The average Bonchev–Trinajstić information content (AvgIpc) is 3.49. The fraction of sp³-hybridized carbons (Fsp3) is 0.281. The first-order valence-corrected chi connectivity index (χ1v) is 16.0. The molecule has 0 spiro atoms. The van der Waals surface area contributed by atoms with Gasteiger partial charge in [-0.2, -0.15) is 8.78 Å². The normalized spacial score (nSPS) is 15.7. The van der Waals surface area contributed by atoms with E-state index in [4.69, 9.17) is 5.73 Å². The van der Waals surface area contributed by atoms with E-state index in [-0.39, 0.29) is 28.4 Å². The number of carboxylic acid groups (broad SMARTS) is 1. The molecule has 0 aliphatic carbocycles. The van der Waals surface area contributed by atoms with Crippen molar-refractivity contribution in [2.75, 3.05) is 22.9 Å². The number of anilines is 3. The number of nitrogens with zero attached hydrogens (tertiary/aromatic N) is 2. The highest BCUT2D eigenvalue weighted by atomic mass is 32.2. The van der Waals surface area contributed by atoms with Gasteiger partial charge in [0.25, 0.3) is 0 Å². The molecule has 5 rings (SSSR count). The van der Waals surface area contributed by atoms with Crippen molar-refractivity contribution >= 4 is 49.8 Å². The molecule has 5 N–H and O–H groups in total. The molecule has 46 heavy (non-hydrogen) atoms. The van der Waals surface area contributed by atoms with E-state index in [1.54, 1.807) is 55.3 Å². The number of halogens is 2. The van der Waals surface area contributed by atoms with Crippen molar-refractivity contribution in [2.24, 2.45) is 0 Å². The number of carbonyl (C=O) groups is 2. The van der Waals surface area contributed by atoms with Crippen LogP contribution in [0.3, 0.4) is 0 Å². The van der Waals surface area contributed by atoms with Crippen LogP contribution in [-0.4, -0.2) is 53.8 Å². The van der Waals surface area contributed by atoms with Crippen molar-refractivity contribution < 1.29 is 36.6 Å². The molecule has 2 heterocycles. The molecule has 0 saturated carbocycles. The van der Waals surface area contributed by atoms with E-state index in [0.29, 0.717) is 35.3 Å². The third-order valence-corrected chi connectivity index (χ3v) is 10.1. The Kier molecular flexibility index (Phi) is 9.28. The molecule has 1 aromatic heterocycles. The van der Waals surface area contributed by atoms with Crippen LogP contribution in [0.4, 0.5) is 30.8 Å². The summed E-state index contributed by atoms with van der Waals surface area (Å²) in [5.74, 6) is -0.254. The minimum Gasteiger partial charge on any atom is -0.465 e. The van der Waals surface area contributed by atoms with E-state index in [1.165, 1.54) is 36.4 Å². The van der Waals surface area contributed by atoms with Crippen LogP contribution in [0.15, 0.2) is 77.8 Å². The second-order valence-corrected chi connectivity index (χ2v) is 13.6. The van der Waals surface area contributed by atoms with Crippen LogP contribution in [0.2, 0.25) is 0 Å². The molecular formula is C32H33F2N5O6S. The largest absolute Gasteiger partial charge is 0.465 e. The molecular weight excluding hydrogens is 620 g/mol. The van der Waals surface area contributed by atoms with Crippen LogP contribution in [0.1, 0.15) is 49.9 Å². The van der Waals surface area contributed by atoms with Gasteiger partial charge in [0, 0.05) is 29.5 Å². The summed E-state index contributed by atoms with van der Waals surface area (Å²) in [6.45, 7) is 0.281. The molecule has 2 atom stereocenters. The first-order chi connectivity index (χ1) is 21.8. The quantitative estimate of drug-likeness (QED) is 0.156. The summed E-state index contributed by atoms with van der Waals surface area (Å²) in [6, 6.07) is 15.2. The number of hydrogen-bond donors (Lipinski definition) is 4. The predicted octanol–water partition coefficient (Wildman–Crippen LogP) is 6.21. The van der Waals surface area contributed by atoms with Crippen LogP contribution in [0, 0.1) is 0 Å².